The minimum Gasteiger partial charge on any atom is -0.353 e. The third kappa shape index (κ3) is 1.56. The Balaban J connectivity index is 1.96. The number of aromatic amines is 2. The van der Waals surface area contributed by atoms with Crippen LogP contribution in [0.25, 0.3) is 43.6 Å². The van der Waals surface area contributed by atoms with Crippen molar-refractivity contribution in [3.8, 4) is 0 Å². The SMILES string of the molecule is O=[N+]([O-])c1ccc2c(c1)[nH]c1c2ccc2c3ccccc3[nH]c21. The Hall–Kier alpha value is -3.34. The van der Waals surface area contributed by atoms with Crippen LogP contribution < -0.4 is 0 Å². The van der Waals surface area contributed by atoms with Crippen LogP contribution in [0.3, 0.4) is 0 Å². The van der Waals surface area contributed by atoms with Crippen LogP contribution in [-0.4, -0.2) is 14.9 Å². The topological polar surface area (TPSA) is 74.7 Å². The Morgan fingerprint density at radius 1 is 0.739 bits per heavy atom. The average Bonchev–Trinajstić information content (AvgIpc) is 3.12. The molecule has 2 aromatic heterocycles. The molecule has 0 atom stereocenters. The molecule has 0 aliphatic carbocycles. The van der Waals surface area contributed by atoms with E-state index in [0.29, 0.717) is 0 Å². The molecule has 0 spiro atoms. The molecule has 5 nitrogen and oxygen atoms in total. The van der Waals surface area contributed by atoms with Crippen molar-refractivity contribution < 1.29 is 4.92 Å². The van der Waals surface area contributed by atoms with Gasteiger partial charge in [-0.3, -0.25) is 10.1 Å². The summed E-state index contributed by atoms with van der Waals surface area (Å²) in [6, 6.07) is 17.3. The number of fused-ring (bicyclic) bond motifs is 7. The van der Waals surface area contributed by atoms with E-state index in [9.17, 15) is 10.1 Å². The van der Waals surface area contributed by atoms with E-state index in [1.807, 2.05) is 12.1 Å². The summed E-state index contributed by atoms with van der Waals surface area (Å²) in [5.74, 6) is 0. The highest BCUT2D eigenvalue weighted by Gasteiger charge is 2.14. The van der Waals surface area contributed by atoms with Crippen LogP contribution in [0.4, 0.5) is 5.69 Å². The first-order valence-corrected chi connectivity index (χ1v) is 7.31. The Kier molecular flexibility index (Phi) is 2.18. The largest absolute Gasteiger partial charge is 0.353 e. The molecule has 0 amide bonds. The molecule has 2 heterocycles. The van der Waals surface area contributed by atoms with E-state index in [-0.39, 0.29) is 10.6 Å². The minimum atomic E-state index is -0.372. The fourth-order valence-corrected chi connectivity index (χ4v) is 3.39. The minimum absolute atomic E-state index is 0.0944. The van der Waals surface area contributed by atoms with Gasteiger partial charge in [-0.15, -0.1) is 0 Å². The number of non-ortho nitro benzene ring substituents is 1. The van der Waals surface area contributed by atoms with Gasteiger partial charge in [-0.2, -0.15) is 0 Å². The molecule has 0 radical (unpaired) electrons. The van der Waals surface area contributed by atoms with Gasteiger partial charge >= 0.3 is 0 Å². The molecule has 23 heavy (non-hydrogen) atoms. The monoisotopic (exact) mass is 301 g/mol. The summed E-state index contributed by atoms with van der Waals surface area (Å²) in [6.45, 7) is 0. The number of para-hydroxylation sites is 1. The second kappa shape index (κ2) is 4.10. The van der Waals surface area contributed by atoms with E-state index in [2.05, 4.69) is 34.2 Å². The molecule has 0 bridgehead atoms. The number of rotatable bonds is 1. The normalized spacial score (nSPS) is 11.8. The molecule has 0 aliphatic rings. The highest BCUT2D eigenvalue weighted by molar-refractivity contribution is 6.21. The van der Waals surface area contributed by atoms with Gasteiger partial charge in [-0.05, 0) is 12.1 Å². The predicted molar refractivity (Wildman–Crippen MR) is 91.8 cm³/mol. The number of H-pyrrole nitrogens is 2. The van der Waals surface area contributed by atoms with Crippen LogP contribution in [-0.2, 0) is 0 Å². The van der Waals surface area contributed by atoms with Gasteiger partial charge in [0.25, 0.3) is 5.69 Å². The number of nitrogens with one attached hydrogen (secondary N) is 2. The molecule has 2 N–H and O–H groups in total. The summed E-state index contributed by atoms with van der Waals surface area (Å²) in [5.41, 5.74) is 3.97. The van der Waals surface area contributed by atoms with Crippen molar-refractivity contribution in [3.63, 3.8) is 0 Å². The first-order chi connectivity index (χ1) is 11.2. The van der Waals surface area contributed by atoms with Gasteiger partial charge in [0.15, 0.2) is 0 Å². The Morgan fingerprint density at radius 3 is 2.09 bits per heavy atom. The maximum atomic E-state index is 11.0. The summed E-state index contributed by atoms with van der Waals surface area (Å²) >= 11 is 0. The summed E-state index contributed by atoms with van der Waals surface area (Å²) in [5, 5.41) is 15.4. The Labute approximate surface area is 129 Å². The molecule has 5 heteroatoms. The lowest BCUT2D eigenvalue weighted by Crippen LogP contribution is -1.86. The lowest BCUT2D eigenvalue weighted by atomic mass is 10.1. The number of aromatic nitrogens is 2. The Bertz CT molecular complexity index is 1250. The Morgan fingerprint density at radius 2 is 1.35 bits per heavy atom. The second-order valence-electron chi connectivity index (χ2n) is 5.69. The smallest absolute Gasteiger partial charge is 0.271 e. The molecule has 5 aromatic rings. The van der Waals surface area contributed by atoms with Crippen LogP contribution in [0.2, 0.25) is 0 Å². The van der Waals surface area contributed by atoms with Crippen LogP contribution in [0.1, 0.15) is 0 Å². The standard InChI is InChI=1S/C18H11N3O2/c22-21(23)10-5-6-12-14-8-7-13-11-3-1-2-4-15(11)19-17(13)18(14)20-16(12)9-10/h1-9,19-20H. The summed E-state index contributed by atoms with van der Waals surface area (Å²) in [4.78, 5) is 17.4. The fraction of sp³-hybridized carbons (Fsp3) is 0. The maximum absolute atomic E-state index is 11.0. The van der Waals surface area contributed by atoms with Crippen LogP contribution in [0, 0.1) is 10.1 Å². The number of hydrogen-bond acceptors (Lipinski definition) is 2. The summed E-state index contributed by atoms with van der Waals surface area (Å²) < 4.78 is 0. The van der Waals surface area contributed by atoms with E-state index in [4.69, 9.17) is 0 Å². The maximum Gasteiger partial charge on any atom is 0.271 e. The highest BCUT2D eigenvalue weighted by atomic mass is 16.6. The van der Waals surface area contributed by atoms with Gasteiger partial charge in [0.1, 0.15) is 0 Å². The van der Waals surface area contributed by atoms with Gasteiger partial charge in [0.2, 0.25) is 0 Å². The fourth-order valence-electron chi connectivity index (χ4n) is 3.39. The third-order valence-corrected chi connectivity index (χ3v) is 4.45. The molecule has 5 rings (SSSR count). The summed E-state index contributed by atoms with van der Waals surface area (Å²) in [6.07, 6.45) is 0. The van der Waals surface area contributed by atoms with E-state index in [1.165, 1.54) is 5.39 Å². The highest BCUT2D eigenvalue weighted by Crippen LogP contribution is 2.35. The number of nitro groups is 1. The number of nitrogens with zero attached hydrogens (tertiary/aromatic N) is 1. The van der Waals surface area contributed by atoms with Crippen LogP contribution in [0.5, 0.6) is 0 Å². The number of hydrogen-bond donors (Lipinski definition) is 2. The van der Waals surface area contributed by atoms with Gasteiger partial charge in [0, 0.05) is 39.2 Å². The van der Waals surface area contributed by atoms with Crippen molar-refractivity contribution >= 4 is 49.3 Å². The molecule has 0 aliphatic heterocycles. The zero-order valence-electron chi connectivity index (χ0n) is 12.0. The molecule has 110 valence electrons. The number of nitro benzene ring substituents is 1. The zero-order chi connectivity index (χ0) is 15.6. The van der Waals surface area contributed by atoms with Gasteiger partial charge in [-0.1, -0.05) is 30.3 Å². The molecular formula is C18H11N3O2. The van der Waals surface area contributed by atoms with Gasteiger partial charge in [-0.25, -0.2) is 0 Å². The van der Waals surface area contributed by atoms with Crippen molar-refractivity contribution in [2.45, 2.75) is 0 Å². The van der Waals surface area contributed by atoms with E-state index in [0.717, 1.165) is 38.2 Å². The van der Waals surface area contributed by atoms with E-state index >= 15 is 0 Å². The zero-order valence-corrected chi connectivity index (χ0v) is 12.0. The van der Waals surface area contributed by atoms with Crippen molar-refractivity contribution in [2.75, 3.05) is 0 Å². The molecule has 3 aromatic carbocycles. The second-order valence-corrected chi connectivity index (χ2v) is 5.69. The molecular weight excluding hydrogens is 290 g/mol. The van der Waals surface area contributed by atoms with E-state index in [1.54, 1.807) is 18.2 Å². The van der Waals surface area contributed by atoms with E-state index < -0.39 is 0 Å². The first kappa shape index (κ1) is 12.2. The number of benzene rings is 3. The van der Waals surface area contributed by atoms with Gasteiger partial charge in [0.05, 0.1) is 21.5 Å². The molecule has 0 fully saturated rings. The average molecular weight is 301 g/mol. The van der Waals surface area contributed by atoms with Crippen molar-refractivity contribution in [1.29, 1.82) is 0 Å². The quantitative estimate of drug-likeness (QED) is 0.342. The molecule has 0 unspecified atom stereocenters. The first-order valence-electron chi connectivity index (χ1n) is 7.31. The van der Waals surface area contributed by atoms with Gasteiger partial charge < -0.3 is 9.97 Å². The van der Waals surface area contributed by atoms with Crippen molar-refractivity contribution in [3.05, 3.63) is 64.7 Å². The third-order valence-electron chi connectivity index (χ3n) is 4.45. The summed E-state index contributed by atoms with van der Waals surface area (Å²) in [7, 11) is 0. The lowest BCUT2D eigenvalue weighted by Gasteiger charge is -1.94. The van der Waals surface area contributed by atoms with Crippen molar-refractivity contribution in [1.82, 2.24) is 9.97 Å². The lowest BCUT2D eigenvalue weighted by molar-refractivity contribution is -0.384. The molecule has 0 saturated heterocycles. The predicted octanol–water partition coefficient (Wildman–Crippen LogP) is 4.86. The van der Waals surface area contributed by atoms with Crippen LogP contribution >= 0.6 is 0 Å². The van der Waals surface area contributed by atoms with Crippen molar-refractivity contribution in [2.24, 2.45) is 0 Å². The molecule has 0 saturated carbocycles. The van der Waals surface area contributed by atoms with Crippen LogP contribution in [0.15, 0.2) is 54.6 Å².